The third-order valence-corrected chi connectivity index (χ3v) is 4.32. The Balaban J connectivity index is 1.82. The van der Waals surface area contributed by atoms with E-state index in [1.54, 1.807) is 18.2 Å². The highest BCUT2D eigenvalue weighted by molar-refractivity contribution is 7.71. The summed E-state index contributed by atoms with van der Waals surface area (Å²) in [6, 6.07) is 9.29. The van der Waals surface area contributed by atoms with Gasteiger partial charge in [0.1, 0.15) is 18.1 Å². The van der Waals surface area contributed by atoms with Crippen LogP contribution in [0.4, 0.5) is 22.0 Å². The summed E-state index contributed by atoms with van der Waals surface area (Å²) < 4.78 is 75.9. The lowest BCUT2D eigenvalue weighted by atomic mass is 10.1. The molecule has 1 N–H and O–H groups in total. The first-order valence-corrected chi connectivity index (χ1v) is 9.06. The van der Waals surface area contributed by atoms with Crippen molar-refractivity contribution in [3.05, 3.63) is 69.8 Å². The highest BCUT2D eigenvalue weighted by Crippen LogP contribution is 2.32. The van der Waals surface area contributed by atoms with Crippen LogP contribution in [-0.2, 0) is 12.8 Å². The monoisotopic (exact) mass is 458 g/mol. The summed E-state index contributed by atoms with van der Waals surface area (Å²) in [6.07, 6.45) is -6.08. The average Bonchev–Trinajstić information content (AvgIpc) is 3.11. The number of aromatic nitrogens is 3. The van der Waals surface area contributed by atoms with Crippen molar-refractivity contribution in [2.24, 2.45) is 5.10 Å². The molecule has 1 aromatic heterocycles. The number of ether oxygens (including phenoxy) is 2. The van der Waals surface area contributed by atoms with Gasteiger partial charge in [0, 0.05) is 5.56 Å². The van der Waals surface area contributed by atoms with Gasteiger partial charge in [0.05, 0.1) is 18.9 Å². The standard InChI is InChI=1S/C19H15F5N4O2S/c1-29-15-6-5-11(9-25-28-17(16(20)21)26-27-18(28)31)7-12(15)10-30-14-4-2-3-13(8-14)19(22,23)24/h2-9,16H,10H2,1H3,(H,27,31)/b25-9+. The van der Waals surface area contributed by atoms with Gasteiger partial charge >= 0.3 is 6.18 Å². The Bertz CT molecular complexity index is 1140. The van der Waals surface area contributed by atoms with Gasteiger partial charge in [0.2, 0.25) is 10.6 Å². The predicted octanol–water partition coefficient (Wildman–Crippen LogP) is 5.37. The summed E-state index contributed by atoms with van der Waals surface area (Å²) in [5.41, 5.74) is 0.171. The topological polar surface area (TPSA) is 64.4 Å². The number of benzene rings is 2. The molecule has 0 unspecified atom stereocenters. The number of halogens is 5. The zero-order valence-corrected chi connectivity index (χ0v) is 16.7. The van der Waals surface area contributed by atoms with Crippen LogP contribution in [0.1, 0.15) is 28.9 Å². The van der Waals surface area contributed by atoms with Crippen molar-refractivity contribution in [3.63, 3.8) is 0 Å². The molecule has 31 heavy (non-hydrogen) atoms. The first-order chi connectivity index (χ1) is 14.7. The minimum Gasteiger partial charge on any atom is -0.496 e. The van der Waals surface area contributed by atoms with E-state index in [0.29, 0.717) is 16.9 Å². The fourth-order valence-corrected chi connectivity index (χ4v) is 2.78. The summed E-state index contributed by atoms with van der Waals surface area (Å²) in [4.78, 5) is 0. The number of nitrogens with zero attached hydrogens (tertiary/aromatic N) is 3. The lowest BCUT2D eigenvalue weighted by molar-refractivity contribution is -0.137. The smallest absolute Gasteiger partial charge is 0.416 e. The van der Waals surface area contributed by atoms with E-state index in [-0.39, 0.29) is 17.1 Å². The number of alkyl halides is 5. The molecule has 6 nitrogen and oxygen atoms in total. The number of nitrogens with one attached hydrogen (secondary N) is 1. The van der Waals surface area contributed by atoms with Crippen molar-refractivity contribution in [3.8, 4) is 11.5 Å². The van der Waals surface area contributed by atoms with Gasteiger partial charge in [-0.25, -0.2) is 13.9 Å². The Hall–Kier alpha value is -3.28. The minimum absolute atomic E-state index is 0.0298. The Kier molecular flexibility index (Phi) is 6.68. The van der Waals surface area contributed by atoms with E-state index >= 15 is 0 Å². The van der Waals surface area contributed by atoms with Gasteiger partial charge < -0.3 is 9.47 Å². The Morgan fingerprint density at radius 2 is 2.00 bits per heavy atom. The molecule has 0 aliphatic carbocycles. The SMILES string of the molecule is COc1ccc(/C=N/n2c(C(F)F)n[nH]c2=S)cc1COc1cccc(C(F)(F)F)c1. The van der Waals surface area contributed by atoms with E-state index in [4.69, 9.17) is 21.7 Å². The molecule has 0 aliphatic rings. The van der Waals surface area contributed by atoms with Gasteiger partial charge in [-0.3, -0.25) is 0 Å². The number of hydrogen-bond acceptors (Lipinski definition) is 5. The molecule has 0 saturated heterocycles. The third-order valence-electron chi connectivity index (χ3n) is 4.05. The summed E-state index contributed by atoms with van der Waals surface area (Å²) in [5.74, 6) is -0.178. The average molecular weight is 458 g/mol. The van der Waals surface area contributed by atoms with Crippen molar-refractivity contribution < 1.29 is 31.4 Å². The maximum atomic E-state index is 13.0. The molecule has 2 aromatic carbocycles. The van der Waals surface area contributed by atoms with Gasteiger partial charge in [0.15, 0.2) is 0 Å². The van der Waals surface area contributed by atoms with Gasteiger partial charge in [0.25, 0.3) is 6.43 Å². The van der Waals surface area contributed by atoms with E-state index in [1.807, 2.05) is 0 Å². The summed E-state index contributed by atoms with van der Waals surface area (Å²) in [5, 5.41) is 9.58. The van der Waals surface area contributed by atoms with Crippen LogP contribution in [0.5, 0.6) is 11.5 Å². The van der Waals surface area contributed by atoms with Crippen LogP contribution in [-0.4, -0.2) is 28.2 Å². The largest absolute Gasteiger partial charge is 0.496 e. The zero-order valence-electron chi connectivity index (χ0n) is 15.9. The Morgan fingerprint density at radius 1 is 1.23 bits per heavy atom. The Morgan fingerprint density at radius 3 is 2.68 bits per heavy atom. The molecule has 0 aliphatic heterocycles. The molecule has 3 rings (SSSR count). The number of rotatable bonds is 7. The molecule has 0 spiro atoms. The van der Waals surface area contributed by atoms with Crippen LogP contribution in [0, 0.1) is 4.77 Å². The van der Waals surface area contributed by atoms with Gasteiger partial charge in [-0.05, 0) is 54.2 Å². The van der Waals surface area contributed by atoms with Gasteiger partial charge in [-0.1, -0.05) is 6.07 Å². The van der Waals surface area contributed by atoms with E-state index < -0.39 is 24.0 Å². The maximum Gasteiger partial charge on any atom is 0.416 e. The zero-order chi connectivity index (χ0) is 22.6. The van der Waals surface area contributed by atoms with E-state index in [1.165, 1.54) is 25.5 Å². The highest BCUT2D eigenvalue weighted by atomic mass is 32.1. The normalized spacial score (nSPS) is 12.0. The summed E-state index contributed by atoms with van der Waals surface area (Å²) >= 11 is 4.88. The van der Waals surface area contributed by atoms with Gasteiger partial charge in [-0.2, -0.15) is 28.0 Å². The lowest BCUT2D eigenvalue weighted by Gasteiger charge is -2.13. The predicted molar refractivity (Wildman–Crippen MR) is 104 cm³/mol. The Labute approximate surface area is 177 Å². The second-order valence-corrected chi connectivity index (χ2v) is 6.52. The van der Waals surface area contributed by atoms with Crippen LogP contribution >= 0.6 is 12.2 Å². The molecule has 0 atom stereocenters. The van der Waals surface area contributed by atoms with Gasteiger partial charge in [-0.15, -0.1) is 0 Å². The number of H-pyrrole nitrogens is 1. The molecular formula is C19H15F5N4O2S. The second-order valence-electron chi connectivity index (χ2n) is 6.13. The minimum atomic E-state index is -4.49. The number of methoxy groups -OCH3 is 1. The fraction of sp³-hybridized carbons (Fsp3) is 0.211. The van der Waals surface area contributed by atoms with Crippen LogP contribution in [0.15, 0.2) is 47.6 Å². The third kappa shape index (κ3) is 5.45. The van der Waals surface area contributed by atoms with Crippen molar-refractivity contribution in [1.29, 1.82) is 0 Å². The van der Waals surface area contributed by atoms with Crippen molar-refractivity contribution in [2.45, 2.75) is 19.2 Å². The molecule has 1 heterocycles. The van der Waals surface area contributed by atoms with E-state index in [2.05, 4.69) is 15.3 Å². The van der Waals surface area contributed by atoms with Crippen LogP contribution < -0.4 is 9.47 Å². The summed E-state index contributed by atoms with van der Waals surface area (Å²) in [7, 11) is 1.43. The van der Waals surface area contributed by atoms with Crippen LogP contribution in [0.2, 0.25) is 0 Å². The van der Waals surface area contributed by atoms with E-state index in [9.17, 15) is 22.0 Å². The number of aromatic amines is 1. The molecular weight excluding hydrogens is 443 g/mol. The molecule has 0 radical (unpaired) electrons. The molecule has 0 amide bonds. The van der Waals surface area contributed by atoms with Crippen molar-refractivity contribution in [1.82, 2.24) is 14.9 Å². The molecule has 164 valence electrons. The quantitative estimate of drug-likeness (QED) is 0.294. The van der Waals surface area contributed by atoms with Crippen LogP contribution in [0.25, 0.3) is 0 Å². The molecule has 12 heteroatoms. The summed E-state index contributed by atoms with van der Waals surface area (Å²) in [6.45, 7) is -0.0976. The van der Waals surface area contributed by atoms with Crippen molar-refractivity contribution in [2.75, 3.05) is 7.11 Å². The van der Waals surface area contributed by atoms with Crippen molar-refractivity contribution >= 4 is 18.4 Å². The molecule has 0 saturated carbocycles. The lowest BCUT2D eigenvalue weighted by Crippen LogP contribution is -2.05. The first-order valence-electron chi connectivity index (χ1n) is 8.66. The van der Waals surface area contributed by atoms with Crippen LogP contribution in [0.3, 0.4) is 0 Å². The molecule has 0 fully saturated rings. The maximum absolute atomic E-state index is 13.0. The highest BCUT2D eigenvalue weighted by Gasteiger charge is 2.30. The second kappa shape index (κ2) is 9.25. The fourth-order valence-electron chi connectivity index (χ4n) is 2.60. The number of hydrogen-bond donors (Lipinski definition) is 1. The molecule has 0 bridgehead atoms. The van der Waals surface area contributed by atoms with E-state index in [0.717, 1.165) is 16.8 Å². The first kappa shape index (κ1) is 22.4. The molecule has 3 aromatic rings.